The average molecular weight is 359 g/mol. The maximum Gasteiger partial charge on any atom is 0.266 e. The number of nitrogen functional groups attached to an aromatic ring is 1. The second-order valence-corrected chi connectivity index (χ2v) is 6.76. The quantitative estimate of drug-likeness (QED) is 0.827. The summed E-state index contributed by atoms with van der Waals surface area (Å²) in [6.45, 7) is 1.74. The molecule has 0 atom stereocenters. The van der Waals surface area contributed by atoms with Gasteiger partial charge in [-0.25, -0.2) is 12.8 Å². The monoisotopic (exact) mass is 358 g/mol. The predicted molar refractivity (Wildman–Crippen MR) is 80.5 cm³/mol. The largest absolute Gasteiger partial charge is 0.398 e. The highest BCUT2D eigenvalue weighted by atomic mass is 79.9. The van der Waals surface area contributed by atoms with E-state index in [2.05, 4.69) is 20.7 Å². The molecule has 3 N–H and O–H groups in total. The van der Waals surface area contributed by atoms with Crippen molar-refractivity contribution in [1.82, 2.24) is 0 Å². The van der Waals surface area contributed by atoms with Crippen LogP contribution in [0, 0.1) is 12.7 Å². The van der Waals surface area contributed by atoms with Crippen LogP contribution in [-0.4, -0.2) is 8.42 Å². The Bertz CT molecular complexity index is 743. The van der Waals surface area contributed by atoms with Crippen molar-refractivity contribution in [2.75, 3.05) is 10.5 Å². The third-order valence-electron chi connectivity index (χ3n) is 2.70. The lowest BCUT2D eigenvalue weighted by atomic mass is 10.2. The molecule has 0 saturated heterocycles. The molecule has 20 heavy (non-hydrogen) atoms. The minimum atomic E-state index is -4.08. The van der Waals surface area contributed by atoms with Crippen LogP contribution in [0.2, 0.25) is 0 Å². The van der Waals surface area contributed by atoms with Gasteiger partial charge in [0.05, 0.1) is 11.4 Å². The summed E-state index contributed by atoms with van der Waals surface area (Å²) in [6.07, 6.45) is 0. The fraction of sp³-hybridized carbons (Fsp3) is 0.0769. The van der Waals surface area contributed by atoms with Crippen molar-refractivity contribution in [3.05, 3.63) is 52.3 Å². The van der Waals surface area contributed by atoms with Gasteiger partial charge < -0.3 is 5.73 Å². The van der Waals surface area contributed by atoms with Crippen molar-refractivity contribution in [1.29, 1.82) is 0 Å². The highest BCUT2D eigenvalue weighted by Gasteiger charge is 2.22. The van der Waals surface area contributed by atoms with Crippen LogP contribution >= 0.6 is 15.9 Å². The fourth-order valence-electron chi connectivity index (χ4n) is 1.75. The molecule has 2 aromatic carbocycles. The van der Waals surface area contributed by atoms with Crippen molar-refractivity contribution in [3.8, 4) is 0 Å². The van der Waals surface area contributed by atoms with Crippen molar-refractivity contribution < 1.29 is 12.8 Å². The summed E-state index contributed by atoms with van der Waals surface area (Å²) in [5, 5.41) is 0. The van der Waals surface area contributed by atoms with Gasteiger partial charge in [0.2, 0.25) is 0 Å². The van der Waals surface area contributed by atoms with Gasteiger partial charge in [-0.3, -0.25) is 4.72 Å². The molecular formula is C13H12BrFN2O2S. The van der Waals surface area contributed by atoms with Gasteiger partial charge in [0.25, 0.3) is 10.0 Å². The Balaban J connectivity index is 2.46. The molecule has 0 saturated carbocycles. The zero-order valence-corrected chi connectivity index (χ0v) is 12.9. The molecule has 2 aromatic rings. The molecule has 4 nitrogen and oxygen atoms in total. The summed E-state index contributed by atoms with van der Waals surface area (Å²) in [7, 11) is -4.08. The molecule has 0 bridgehead atoms. The van der Waals surface area contributed by atoms with Gasteiger partial charge in [0, 0.05) is 4.47 Å². The number of hydrogen-bond acceptors (Lipinski definition) is 3. The zero-order chi connectivity index (χ0) is 14.9. The van der Waals surface area contributed by atoms with Gasteiger partial charge in [-0.2, -0.15) is 0 Å². The van der Waals surface area contributed by atoms with Crippen LogP contribution in [0.15, 0.2) is 45.8 Å². The molecule has 0 radical (unpaired) electrons. The van der Waals surface area contributed by atoms with Crippen molar-refractivity contribution >= 4 is 37.3 Å². The van der Waals surface area contributed by atoms with E-state index in [4.69, 9.17) is 5.73 Å². The number of sulfonamides is 1. The molecule has 0 aliphatic carbocycles. The molecule has 106 valence electrons. The lowest BCUT2D eigenvalue weighted by Gasteiger charge is -2.12. The fourth-order valence-corrected chi connectivity index (χ4v) is 3.55. The molecule has 0 aromatic heterocycles. The number of benzene rings is 2. The third-order valence-corrected chi connectivity index (χ3v) is 4.65. The number of nitrogens with one attached hydrogen (secondary N) is 1. The third kappa shape index (κ3) is 2.94. The second-order valence-electron chi connectivity index (χ2n) is 4.22. The van der Waals surface area contributed by atoms with Crippen molar-refractivity contribution in [2.24, 2.45) is 0 Å². The first-order valence-corrected chi connectivity index (χ1v) is 7.92. The first-order chi connectivity index (χ1) is 9.31. The summed E-state index contributed by atoms with van der Waals surface area (Å²) >= 11 is 3.29. The average Bonchev–Trinajstić information content (AvgIpc) is 2.32. The Morgan fingerprint density at radius 3 is 2.55 bits per heavy atom. The van der Waals surface area contributed by atoms with E-state index in [0.717, 1.165) is 10.5 Å². The molecule has 2 rings (SSSR count). The SMILES string of the molecule is Cc1cc(Br)ccc1NS(=O)(=O)c1c(N)cccc1F. The number of anilines is 2. The van der Waals surface area contributed by atoms with E-state index >= 15 is 0 Å². The van der Waals surface area contributed by atoms with Crippen LogP contribution in [-0.2, 0) is 10.0 Å². The van der Waals surface area contributed by atoms with Crippen LogP contribution in [0.3, 0.4) is 0 Å². The van der Waals surface area contributed by atoms with Crippen molar-refractivity contribution in [2.45, 2.75) is 11.8 Å². The number of hydrogen-bond donors (Lipinski definition) is 2. The Morgan fingerprint density at radius 1 is 1.25 bits per heavy atom. The number of rotatable bonds is 3. The van der Waals surface area contributed by atoms with Crippen LogP contribution in [0.1, 0.15) is 5.56 Å². The minimum absolute atomic E-state index is 0.132. The standard InChI is InChI=1S/C13H12BrFN2O2S/c1-8-7-9(14)5-6-12(8)17-20(18,19)13-10(15)3-2-4-11(13)16/h2-7,17H,16H2,1H3. The van der Waals surface area contributed by atoms with Gasteiger partial charge in [-0.15, -0.1) is 0 Å². The first kappa shape index (κ1) is 14.8. The normalized spacial score (nSPS) is 11.3. The van der Waals surface area contributed by atoms with E-state index in [0.29, 0.717) is 11.3 Å². The van der Waals surface area contributed by atoms with E-state index in [-0.39, 0.29) is 5.69 Å². The Labute approximate surface area is 125 Å². The molecule has 0 spiro atoms. The number of aryl methyl sites for hydroxylation is 1. The molecule has 0 amide bonds. The van der Waals surface area contributed by atoms with Gasteiger partial charge in [0.15, 0.2) is 0 Å². The highest BCUT2D eigenvalue weighted by molar-refractivity contribution is 9.10. The van der Waals surface area contributed by atoms with Crippen LogP contribution in [0.25, 0.3) is 0 Å². The molecule has 0 aliphatic rings. The summed E-state index contributed by atoms with van der Waals surface area (Å²) in [4.78, 5) is -0.540. The number of halogens is 2. The minimum Gasteiger partial charge on any atom is -0.398 e. The van der Waals surface area contributed by atoms with Crippen LogP contribution in [0.4, 0.5) is 15.8 Å². The van der Waals surface area contributed by atoms with Gasteiger partial charge >= 0.3 is 0 Å². The van der Waals surface area contributed by atoms with E-state index < -0.39 is 20.7 Å². The van der Waals surface area contributed by atoms with Crippen LogP contribution in [0.5, 0.6) is 0 Å². The lowest BCUT2D eigenvalue weighted by molar-refractivity contribution is 0.572. The van der Waals surface area contributed by atoms with Gasteiger partial charge in [0.1, 0.15) is 10.7 Å². The summed E-state index contributed by atoms with van der Waals surface area (Å²) < 4.78 is 41.3. The van der Waals surface area contributed by atoms with Gasteiger partial charge in [-0.05, 0) is 42.8 Å². The molecule has 0 heterocycles. The molecule has 7 heteroatoms. The highest BCUT2D eigenvalue weighted by Crippen LogP contribution is 2.27. The summed E-state index contributed by atoms with van der Waals surface area (Å²) in [5.41, 5.74) is 6.50. The summed E-state index contributed by atoms with van der Waals surface area (Å²) in [5.74, 6) is -0.882. The second kappa shape index (κ2) is 5.41. The molecule has 0 fully saturated rings. The maximum absolute atomic E-state index is 13.7. The lowest BCUT2D eigenvalue weighted by Crippen LogP contribution is -2.17. The molecule has 0 aliphatic heterocycles. The van der Waals surface area contributed by atoms with E-state index in [1.54, 1.807) is 25.1 Å². The van der Waals surface area contributed by atoms with E-state index in [9.17, 15) is 12.8 Å². The summed E-state index contributed by atoms with van der Waals surface area (Å²) in [6, 6.07) is 8.78. The smallest absolute Gasteiger partial charge is 0.266 e. The Morgan fingerprint density at radius 2 is 1.95 bits per heavy atom. The Kier molecular flexibility index (Phi) is 4.01. The molecular weight excluding hydrogens is 347 g/mol. The predicted octanol–water partition coefficient (Wildman–Crippen LogP) is 3.28. The van der Waals surface area contributed by atoms with Crippen LogP contribution < -0.4 is 10.5 Å². The van der Waals surface area contributed by atoms with Gasteiger partial charge in [-0.1, -0.05) is 22.0 Å². The topological polar surface area (TPSA) is 72.2 Å². The maximum atomic E-state index is 13.7. The zero-order valence-electron chi connectivity index (χ0n) is 10.5. The first-order valence-electron chi connectivity index (χ1n) is 5.64. The van der Waals surface area contributed by atoms with E-state index in [1.807, 2.05) is 0 Å². The molecule has 0 unspecified atom stereocenters. The van der Waals surface area contributed by atoms with Crippen molar-refractivity contribution in [3.63, 3.8) is 0 Å². The number of nitrogens with two attached hydrogens (primary N) is 1. The van der Waals surface area contributed by atoms with E-state index in [1.165, 1.54) is 12.1 Å². The Hall–Kier alpha value is -1.60.